The lowest BCUT2D eigenvalue weighted by Crippen LogP contribution is -2.47. The molecule has 57 heavy (non-hydrogen) atoms. The van der Waals surface area contributed by atoms with E-state index in [1.807, 2.05) is 11.8 Å². The van der Waals surface area contributed by atoms with Gasteiger partial charge in [-0.3, -0.25) is 19.3 Å². The molecule has 1 spiro atoms. The Morgan fingerprint density at radius 3 is 2.49 bits per heavy atom. The van der Waals surface area contributed by atoms with Gasteiger partial charge in [0, 0.05) is 49.4 Å². The fourth-order valence-electron chi connectivity index (χ4n) is 8.36. The number of aryl methyl sites for hydroxylation is 1. The van der Waals surface area contributed by atoms with Gasteiger partial charge in [0.15, 0.2) is 17.3 Å². The Kier molecular flexibility index (Phi) is 9.54. The zero-order valence-electron chi connectivity index (χ0n) is 30.6. The maximum absolute atomic E-state index is 15.7. The molecular weight excluding hydrogens is 777 g/mol. The third-order valence-corrected chi connectivity index (χ3v) is 11.5. The van der Waals surface area contributed by atoms with Crippen LogP contribution >= 0.6 is 11.6 Å². The third-order valence-electron chi connectivity index (χ3n) is 11.2. The number of nitrogens with zero attached hydrogens (tertiary/aromatic N) is 8. The first-order chi connectivity index (χ1) is 27.0. The summed E-state index contributed by atoms with van der Waals surface area (Å²) in [6.07, 6.45) is -3.22. The van der Waals surface area contributed by atoms with Crippen LogP contribution in [-0.4, -0.2) is 88.2 Å². The number of halogens is 6. The molecule has 0 saturated carbocycles. The molecule has 8 rings (SSSR count). The van der Waals surface area contributed by atoms with Gasteiger partial charge in [-0.05, 0) is 68.0 Å². The average molecular weight is 812 g/mol. The van der Waals surface area contributed by atoms with Gasteiger partial charge in [-0.2, -0.15) is 22.7 Å². The van der Waals surface area contributed by atoms with E-state index in [1.165, 1.54) is 23.0 Å². The Bertz CT molecular complexity index is 2510. The molecule has 5 heterocycles. The van der Waals surface area contributed by atoms with E-state index >= 15 is 4.39 Å². The van der Waals surface area contributed by atoms with Crippen LogP contribution in [0.4, 0.5) is 27.6 Å². The Morgan fingerprint density at radius 2 is 1.82 bits per heavy atom. The molecular formula is C38H35ClF5N9O4. The van der Waals surface area contributed by atoms with Gasteiger partial charge >= 0.3 is 6.18 Å². The molecule has 298 valence electrons. The molecule has 5 aromatic rings. The average Bonchev–Trinajstić information content (AvgIpc) is 3.71. The summed E-state index contributed by atoms with van der Waals surface area (Å²) in [7, 11) is 0. The van der Waals surface area contributed by atoms with Crippen molar-refractivity contribution in [2.75, 3.05) is 31.5 Å². The predicted octanol–water partition coefficient (Wildman–Crippen LogP) is 5.65. The summed E-state index contributed by atoms with van der Waals surface area (Å²) in [5, 5.41) is 17.2. The van der Waals surface area contributed by atoms with Gasteiger partial charge in [0.2, 0.25) is 11.7 Å². The van der Waals surface area contributed by atoms with E-state index in [9.17, 15) is 37.1 Å². The number of benzene rings is 2. The van der Waals surface area contributed by atoms with Crippen molar-refractivity contribution in [1.82, 2.24) is 38.9 Å². The zero-order valence-corrected chi connectivity index (χ0v) is 31.3. The molecule has 2 amide bonds. The van der Waals surface area contributed by atoms with E-state index < -0.39 is 53.1 Å². The van der Waals surface area contributed by atoms with Crippen molar-refractivity contribution in [1.29, 1.82) is 0 Å². The normalized spacial score (nSPS) is 18.2. The van der Waals surface area contributed by atoms with Crippen LogP contribution in [0, 0.1) is 12.7 Å². The first-order valence-corrected chi connectivity index (χ1v) is 18.6. The van der Waals surface area contributed by atoms with Crippen LogP contribution in [0.15, 0.2) is 47.5 Å². The van der Waals surface area contributed by atoms with Gasteiger partial charge < -0.3 is 19.9 Å². The lowest BCUT2D eigenvalue weighted by atomic mass is 9.73. The Labute approximate surface area is 326 Å². The second-order valence-electron chi connectivity index (χ2n) is 15.0. The van der Waals surface area contributed by atoms with Crippen LogP contribution in [0.3, 0.4) is 0 Å². The molecule has 1 aliphatic carbocycles. The van der Waals surface area contributed by atoms with Crippen LogP contribution in [0.25, 0.3) is 17.2 Å². The summed E-state index contributed by atoms with van der Waals surface area (Å²) in [4.78, 5) is 57.6. The van der Waals surface area contributed by atoms with Gasteiger partial charge in [-0.25, -0.2) is 18.7 Å². The number of anilines is 1. The largest absolute Gasteiger partial charge is 0.504 e. The molecule has 2 aromatic carbocycles. The maximum Gasteiger partial charge on any atom is 0.416 e. The molecule has 1 unspecified atom stereocenters. The minimum atomic E-state index is -4.65. The quantitative estimate of drug-likeness (QED) is 0.199. The summed E-state index contributed by atoms with van der Waals surface area (Å²) >= 11 is 6.15. The Hall–Kier alpha value is -5.49. The highest BCUT2D eigenvalue weighted by atomic mass is 35.5. The van der Waals surface area contributed by atoms with Gasteiger partial charge in [-0.1, -0.05) is 24.6 Å². The fraction of sp³-hybridized carbons (Fsp3) is 0.395. The summed E-state index contributed by atoms with van der Waals surface area (Å²) in [5.74, 6) is -2.69. The minimum absolute atomic E-state index is 0.0145. The molecule has 2 saturated heterocycles. The Balaban J connectivity index is 1.17. The highest BCUT2D eigenvalue weighted by molar-refractivity contribution is 6.33. The van der Waals surface area contributed by atoms with Crippen molar-refractivity contribution < 1.29 is 36.6 Å². The standard InChI is InChI=1S/C38H35ClF5N9O4/c1-19-13-37(7-9-51(10-8-37)35(57)30-32(55)20(2)45-18-46-30)29-31(19)52(17-28(54)47-27-6-4-22(12-25(27)39)38(42,43)44)36-48-33(49-53(36)34(29)56)24-5-3-21(11-26(24)41)14-50-15-23(40)16-50/h3-6,11-12,18-19,23,55H,7-10,13-17H2,1-2H3,(H,47,54). The first kappa shape index (κ1) is 38.4. The van der Waals surface area contributed by atoms with Crippen molar-refractivity contribution in [2.45, 2.75) is 69.9 Å². The van der Waals surface area contributed by atoms with Crippen molar-refractivity contribution >= 4 is 34.9 Å². The number of fused-ring (bicyclic) bond motifs is 3. The van der Waals surface area contributed by atoms with Gasteiger partial charge in [-0.15, -0.1) is 5.10 Å². The molecule has 0 bridgehead atoms. The molecule has 2 N–H and O–H groups in total. The van der Waals surface area contributed by atoms with E-state index in [4.69, 9.17) is 11.6 Å². The fourth-order valence-corrected chi connectivity index (χ4v) is 8.59. The molecule has 2 aliphatic heterocycles. The third kappa shape index (κ3) is 6.87. The lowest BCUT2D eigenvalue weighted by molar-refractivity contribution is -0.137. The molecule has 13 nitrogen and oxygen atoms in total. The number of carbonyl (C=O) groups is 2. The SMILES string of the molecule is Cc1ncnc(C(=O)N2CCC3(CC2)CC(C)c2c3c(=O)n3nc(-c4ccc(CN5CC(F)C5)cc4F)nc3n2CC(=O)Nc2ccc(C(F)(F)F)cc2Cl)c1O. The van der Waals surface area contributed by atoms with Crippen LogP contribution in [0.5, 0.6) is 5.75 Å². The summed E-state index contributed by atoms with van der Waals surface area (Å²) < 4.78 is 71.5. The number of likely N-dealkylation sites (tertiary alicyclic amines) is 2. The Morgan fingerprint density at radius 1 is 1.09 bits per heavy atom. The number of piperidine rings is 1. The highest BCUT2D eigenvalue weighted by Gasteiger charge is 2.49. The van der Waals surface area contributed by atoms with Crippen molar-refractivity contribution in [2.24, 2.45) is 0 Å². The first-order valence-electron chi connectivity index (χ1n) is 18.2. The maximum atomic E-state index is 15.7. The topological polar surface area (TPSA) is 151 Å². The summed E-state index contributed by atoms with van der Waals surface area (Å²) in [5.41, 5.74) is -0.801. The second kappa shape index (κ2) is 14.2. The molecule has 2 fully saturated rings. The highest BCUT2D eigenvalue weighted by Crippen LogP contribution is 2.50. The van der Waals surface area contributed by atoms with Gasteiger partial charge in [0.1, 0.15) is 24.9 Å². The number of alkyl halides is 4. The number of nitrogens with one attached hydrogen (secondary N) is 1. The number of hydrogen-bond acceptors (Lipinski definition) is 9. The summed E-state index contributed by atoms with van der Waals surface area (Å²) in [6, 6.07) is 6.98. The van der Waals surface area contributed by atoms with Crippen LogP contribution < -0.4 is 10.9 Å². The number of amides is 2. The molecule has 3 aromatic heterocycles. The van der Waals surface area contributed by atoms with Crippen LogP contribution in [-0.2, 0) is 29.5 Å². The van der Waals surface area contributed by atoms with Gasteiger partial charge in [0.25, 0.3) is 11.5 Å². The molecule has 0 radical (unpaired) electrons. The van der Waals surface area contributed by atoms with E-state index in [-0.39, 0.29) is 77.1 Å². The van der Waals surface area contributed by atoms with E-state index in [2.05, 4.69) is 25.4 Å². The number of carbonyl (C=O) groups excluding carboxylic acids is 2. The van der Waals surface area contributed by atoms with E-state index in [0.717, 1.165) is 16.6 Å². The van der Waals surface area contributed by atoms with Crippen molar-refractivity contribution in [3.8, 4) is 17.1 Å². The van der Waals surface area contributed by atoms with Crippen LogP contribution in [0.1, 0.15) is 70.7 Å². The zero-order chi connectivity index (χ0) is 40.6. The summed E-state index contributed by atoms with van der Waals surface area (Å²) in [6.45, 7) is 4.25. The minimum Gasteiger partial charge on any atom is -0.504 e. The number of rotatable bonds is 7. The molecule has 3 aliphatic rings. The smallest absolute Gasteiger partial charge is 0.416 e. The van der Waals surface area contributed by atoms with Crippen LogP contribution in [0.2, 0.25) is 5.02 Å². The molecule has 19 heteroatoms. The predicted molar refractivity (Wildman–Crippen MR) is 196 cm³/mol. The van der Waals surface area contributed by atoms with E-state index in [0.29, 0.717) is 48.7 Å². The van der Waals surface area contributed by atoms with Gasteiger partial charge in [0.05, 0.1) is 27.5 Å². The monoisotopic (exact) mass is 811 g/mol. The lowest BCUT2D eigenvalue weighted by Gasteiger charge is -2.39. The molecule has 1 atom stereocenters. The number of aromatic nitrogens is 6. The second-order valence-corrected chi connectivity index (χ2v) is 15.4. The number of aromatic hydroxyl groups is 1. The number of hydrogen-bond donors (Lipinski definition) is 2. The van der Waals surface area contributed by atoms with E-state index in [1.54, 1.807) is 17.9 Å². The van der Waals surface area contributed by atoms with Crippen molar-refractivity contribution in [3.05, 3.63) is 97.7 Å². The van der Waals surface area contributed by atoms with Crippen molar-refractivity contribution in [3.63, 3.8) is 0 Å².